The lowest BCUT2D eigenvalue weighted by atomic mass is 10.0. The first kappa shape index (κ1) is 19.9. The number of aromatic amines is 1. The Balaban J connectivity index is 1.38. The number of para-hydroxylation sites is 3. The molecule has 2 aromatic carbocycles. The fourth-order valence-corrected chi connectivity index (χ4v) is 3.84. The van der Waals surface area contributed by atoms with E-state index in [4.69, 9.17) is 4.74 Å². The first-order valence-electron chi connectivity index (χ1n) is 10.2. The molecule has 0 bridgehead atoms. The molecule has 2 heterocycles. The highest BCUT2D eigenvalue weighted by Gasteiger charge is 2.14. The molecule has 6 heteroatoms. The first-order chi connectivity index (χ1) is 14.5. The Labute approximate surface area is 175 Å². The van der Waals surface area contributed by atoms with Gasteiger partial charge in [0.05, 0.1) is 18.1 Å². The smallest absolute Gasteiger partial charge is 0.235 e. The number of aryl methyl sites for hydroxylation is 2. The van der Waals surface area contributed by atoms with Crippen molar-refractivity contribution in [3.63, 3.8) is 0 Å². The van der Waals surface area contributed by atoms with Gasteiger partial charge in [-0.15, -0.1) is 0 Å². The van der Waals surface area contributed by atoms with E-state index in [9.17, 15) is 4.79 Å². The van der Waals surface area contributed by atoms with Crippen LogP contribution in [0.15, 0.2) is 48.7 Å². The van der Waals surface area contributed by atoms with E-state index in [0.717, 1.165) is 23.0 Å². The fraction of sp³-hybridized carbons (Fsp3) is 0.292. The van der Waals surface area contributed by atoms with Crippen molar-refractivity contribution in [2.24, 2.45) is 0 Å². The minimum atomic E-state index is -0.00414. The lowest BCUT2D eigenvalue weighted by Gasteiger charge is -2.14. The Morgan fingerprint density at radius 3 is 2.67 bits per heavy atom. The minimum Gasteiger partial charge on any atom is -0.480 e. The molecule has 1 amide bonds. The van der Waals surface area contributed by atoms with E-state index in [0.29, 0.717) is 24.4 Å². The van der Waals surface area contributed by atoms with Crippen LogP contribution < -0.4 is 10.1 Å². The fourth-order valence-electron chi connectivity index (χ4n) is 3.84. The molecular weight excluding hydrogens is 376 g/mol. The van der Waals surface area contributed by atoms with Crippen LogP contribution >= 0.6 is 0 Å². The predicted molar refractivity (Wildman–Crippen MR) is 119 cm³/mol. The number of carbonyl (C=O) groups excluding carboxylic acids is 1. The zero-order valence-corrected chi connectivity index (χ0v) is 17.5. The summed E-state index contributed by atoms with van der Waals surface area (Å²) in [5, 5.41) is 4.32. The number of ether oxygens (including phenoxy) is 1. The Hall–Kier alpha value is -3.41. The van der Waals surface area contributed by atoms with Crippen LogP contribution in [-0.4, -0.2) is 34.0 Å². The molecule has 4 rings (SSSR count). The van der Waals surface area contributed by atoms with Gasteiger partial charge in [-0.1, -0.05) is 30.3 Å². The summed E-state index contributed by atoms with van der Waals surface area (Å²) in [7, 11) is 1.58. The summed E-state index contributed by atoms with van der Waals surface area (Å²) in [6, 6.07) is 14.0. The molecule has 0 aliphatic heterocycles. The van der Waals surface area contributed by atoms with E-state index in [1.54, 1.807) is 7.11 Å². The zero-order chi connectivity index (χ0) is 21.1. The van der Waals surface area contributed by atoms with Gasteiger partial charge in [0.1, 0.15) is 5.69 Å². The molecule has 0 saturated heterocycles. The van der Waals surface area contributed by atoms with Gasteiger partial charge < -0.3 is 15.0 Å². The van der Waals surface area contributed by atoms with Gasteiger partial charge in [-0.05, 0) is 43.5 Å². The van der Waals surface area contributed by atoms with Crippen molar-refractivity contribution in [2.45, 2.75) is 39.2 Å². The second-order valence-corrected chi connectivity index (χ2v) is 7.65. The molecule has 0 aliphatic carbocycles. The van der Waals surface area contributed by atoms with Crippen molar-refractivity contribution in [3.05, 3.63) is 65.5 Å². The van der Waals surface area contributed by atoms with Gasteiger partial charge in [0.25, 0.3) is 0 Å². The molecule has 6 nitrogen and oxygen atoms in total. The molecule has 0 fully saturated rings. The molecule has 0 spiro atoms. The predicted octanol–water partition coefficient (Wildman–Crippen LogP) is 4.11. The van der Waals surface area contributed by atoms with Gasteiger partial charge in [-0.3, -0.25) is 4.79 Å². The van der Waals surface area contributed by atoms with Crippen molar-refractivity contribution in [3.8, 4) is 5.88 Å². The van der Waals surface area contributed by atoms with Gasteiger partial charge >= 0.3 is 0 Å². The number of benzene rings is 2. The van der Waals surface area contributed by atoms with Gasteiger partial charge in [-0.25, -0.2) is 9.97 Å². The van der Waals surface area contributed by atoms with Gasteiger partial charge in [0, 0.05) is 36.0 Å². The Morgan fingerprint density at radius 1 is 1.13 bits per heavy atom. The van der Waals surface area contributed by atoms with Crippen molar-refractivity contribution in [1.29, 1.82) is 0 Å². The van der Waals surface area contributed by atoms with Crippen LogP contribution in [-0.2, 0) is 17.6 Å². The van der Waals surface area contributed by atoms with E-state index in [1.165, 1.54) is 16.5 Å². The monoisotopic (exact) mass is 402 g/mol. The van der Waals surface area contributed by atoms with Crippen LogP contribution in [0.3, 0.4) is 0 Å². The van der Waals surface area contributed by atoms with Gasteiger partial charge in [-0.2, -0.15) is 0 Å². The number of methoxy groups -OCH3 is 1. The SMILES string of the molecule is COc1nc2ccccc2nc1CCC(=O)N[C@@H](C)Cc1c[nH]c2c(C)cccc12. The normalized spacial score (nSPS) is 12.2. The maximum absolute atomic E-state index is 12.5. The quantitative estimate of drug-likeness (QED) is 0.488. The highest BCUT2D eigenvalue weighted by Crippen LogP contribution is 2.23. The maximum Gasteiger partial charge on any atom is 0.235 e. The molecule has 0 aliphatic rings. The number of carbonyl (C=O) groups is 1. The van der Waals surface area contributed by atoms with Crippen LogP contribution in [0, 0.1) is 6.92 Å². The number of aromatic nitrogens is 3. The van der Waals surface area contributed by atoms with Crippen LogP contribution in [0.1, 0.15) is 30.2 Å². The number of amides is 1. The number of fused-ring (bicyclic) bond motifs is 2. The van der Waals surface area contributed by atoms with E-state index in [2.05, 4.69) is 45.4 Å². The topological polar surface area (TPSA) is 79.9 Å². The largest absolute Gasteiger partial charge is 0.480 e. The molecule has 0 unspecified atom stereocenters. The third kappa shape index (κ3) is 4.13. The van der Waals surface area contributed by atoms with Crippen molar-refractivity contribution in [1.82, 2.24) is 20.3 Å². The number of H-pyrrole nitrogens is 1. The van der Waals surface area contributed by atoms with Gasteiger partial charge in [0.2, 0.25) is 11.8 Å². The number of hydrogen-bond donors (Lipinski definition) is 2. The minimum absolute atomic E-state index is 0.00414. The number of hydrogen-bond acceptors (Lipinski definition) is 4. The van der Waals surface area contributed by atoms with Crippen LogP contribution in [0.2, 0.25) is 0 Å². The number of nitrogens with one attached hydrogen (secondary N) is 2. The summed E-state index contributed by atoms with van der Waals surface area (Å²) in [5.41, 5.74) is 5.88. The standard InChI is InChI=1S/C24H26N4O2/c1-15-7-6-8-18-17(14-25-23(15)18)13-16(2)26-22(29)12-11-21-24(30-3)28-20-10-5-4-9-19(20)27-21/h4-10,14,16,25H,11-13H2,1-3H3,(H,26,29)/t16-/m0/s1. The average Bonchev–Trinajstić information content (AvgIpc) is 3.15. The molecule has 1 atom stereocenters. The second-order valence-electron chi connectivity index (χ2n) is 7.65. The molecule has 0 radical (unpaired) electrons. The molecule has 0 saturated carbocycles. The molecule has 2 aromatic heterocycles. The van der Waals surface area contributed by atoms with E-state index in [1.807, 2.05) is 37.4 Å². The third-order valence-electron chi connectivity index (χ3n) is 5.33. The molecular formula is C24H26N4O2. The lowest BCUT2D eigenvalue weighted by Crippen LogP contribution is -2.34. The summed E-state index contributed by atoms with van der Waals surface area (Å²) >= 11 is 0. The summed E-state index contributed by atoms with van der Waals surface area (Å²) in [4.78, 5) is 25.0. The molecule has 2 N–H and O–H groups in total. The van der Waals surface area contributed by atoms with Crippen LogP contribution in [0.4, 0.5) is 0 Å². The van der Waals surface area contributed by atoms with Crippen molar-refractivity contribution < 1.29 is 9.53 Å². The van der Waals surface area contributed by atoms with Crippen LogP contribution in [0.5, 0.6) is 5.88 Å². The Kier molecular flexibility index (Phi) is 5.65. The summed E-state index contributed by atoms with van der Waals surface area (Å²) in [5.74, 6) is 0.472. The molecule has 4 aromatic rings. The summed E-state index contributed by atoms with van der Waals surface area (Å²) < 4.78 is 5.38. The second kappa shape index (κ2) is 8.53. The first-order valence-corrected chi connectivity index (χ1v) is 10.2. The Morgan fingerprint density at radius 2 is 1.90 bits per heavy atom. The summed E-state index contributed by atoms with van der Waals surface area (Å²) in [6.07, 6.45) is 3.62. The van der Waals surface area contributed by atoms with E-state index in [-0.39, 0.29) is 11.9 Å². The summed E-state index contributed by atoms with van der Waals surface area (Å²) in [6.45, 7) is 4.13. The van der Waals surface area contributed by atoms with Crippen molar-refractivity contribution in [2.75, 3.05) is 7.11 Å². The highest BCUT2D eigenvalue weighted by molar-refractivity contribution is 5.86. The Bertz CT molecular complexity index is 1200. The molecule has 154 valence electrons. The maximum atomic E-state index is 12.5. The zero-order valence-electron chi connectivity index (χ0n) is 17.5. The van der Waals surface area contributed by atoms with Gasteiger partial charge in [0.15, 0.2) is 0 Å². The van der Waals surface area contributed by atoms with E-state index < -0.39 is 0 Å². The van der Waals surface area contributed by atoms with E-state index >= 15 is 0 Å². The van der Waals surface area contributed by atoms with Crippen molar-refractivity contribution >= 4 is 27.8 Å². The molecule has 30 heavy (non-hydrogen) atoms. The average molecular weight is 402 g/mol. The van der Waals surface area contributed by atoms with Crippen LogP contribution in [0.25, 0.3) is 21.9 Å². The number of nitrogens with zero attached hydrogens (tertiary/aromatic N) is 2. The lowest BCUT2D eigenvalue weighted by molar-refractivity contribution is -0.121. The highest BCUT2D eigenvalue weighted by atomic mass is 16.5. The third-order valence-corrected chi connectivity index (χ3v) is 5.33. The number of rotatable bonds is 7.